The first-order valence-corrected chi connectivity index (χ1v) is 6.11. The van der Waals surface area contributed by atoms with Crippen LogP contribution in [-0.2, 0) is 4.74 Å². The van der Waals surface area contributed by atoms with Crippen LogP contribution in [0.3, 0.4) is 0 Å². The predicted octanol–water partition coefficient (Wildman–Crippen LogP) is -0.808. The second-order valence-corrected chi connectivity index (χ2v) is 4.72. The van der Waals surface area contributed by atoms with Crippen molar-refractivity contribution in [3.8, 4) is 12.3 Å². The first-order chi connectivity index (χ1) is 10.0. The average Bonchev–Trinajstić information content (AvgIpc) is 3.00. The highest BCUT2D eigenvalue weighted by molar-refractivity contribution is 5.81. The second kappa shape index (κ2) is 4.63. The lowest BCUT2D eigenvalue weighted by molar-refractivity contribution is -0.0891. The Hall–Kier alpha value is -2.28. The second-order valence-electron chi connectivity index (χ2n) is 4.72. The maximum absolute atomic E-state index is 13.3. The van der Waals surface area contributed by atoms with Crippen molar-refractivity contribution in [2.45, 2.75) is 24.4 Å². The minimum Gasteiger partial charge on any atom is -0.392 e. The molecule has 1 aliphatic heterocycles. The zero-order valence-corrected chi connectivity index (χ0v) is 10.8. The van der Waals surface area contributed by atoms with Crippen molar-refractivity contribution in [3.05, 3.63) is 12.4 Å². The van der Waals surface area contributed by atoms with Gasteiger partial charge < -0.3 is 20.7 Å². The molecule has 110 valence electrons. The van der Waals surface area contributed by atoms with Gasteiger partial charge in [-0.25, -0.2) is 4.98 Å². The van der Waals surface area contributed by atoms with Crippen LogP contribution in [0.25, 0.3) is 11.2 Å². The number of halogens is 1. The summed E-state index contributed by atoms with van der Waals surface area (Å²) < 4.78 is 20.2. The van der Waals surface area contributed by atoms with E-state index in [1.807, 2.05) is 0 Å². The van der Waals surface area contributed by atoms with Crippen molar-refractivity contribution in [1.29, 1.82) is 0 Å². The molecule has 0 bridgehead atoms. The maximum Gasteiger partial charge on any atom is 0.312 e. The Morgan fingerprint density at radius 1 is 1.62 bits per heavy atom. The van der Waals surface area contributed by atoms with Gasteiger partial charge >= 0.3 is 6.08 Å². The smallest absolute Gasteiger partial charge is 0.312 e. The highest BCUT2D eigenvalue weighted by atomic mass is 19.1. The number of hydrogen-bond acceptors (Lipinski definition) is 7. The monoisotopic (exact) mass is 293 g/mol. The van der Waals surface area contributed by atoms with Gasteiger partial charge in [0, 0.05) is 6.42 Å². The van der Waals surface area contributed by atoms with E-state index >= 15 is 0 Å². The van der Waals surface area contributed by atoms with Gasteiger partial charge in [-0.05, 0) is 0 Å². The highest BCUT2D eigenvalue weighted by Crippen LogP contribution is 2.37. The van der Waals surface area contributed by atoms with Crippen LogP contribution >= 0.6 is 0 Å². The Kier molecular flexibility index (Phi) is 3.02. The molecule has 1 aliphatic rings. The number of nitrogen functional groups attached to an aromatic ring is 1. The number of nitrogens with zero attached hydrogens (tertiary/aromatic N) is 4. The Labute approximate surface area is 118 Å². The molecular weight excluding hydrogens is 281 g/mol. The van der Waals surface area contributed by atoms with E-state index in [4.69, 9.17) is 16.9 Å². The molecule has 0 radical (unpaired) electrons. The molecular formula is C12H12FN5O3. The molecule has 2 aromatic rings. The van der Waals surface area contributed by atoms with E-state index in [1.54, 1.807) is 0 Å². The highest BCUT2D eigenvalue weighted by Gasteiger charge is 2.47. The molecule has 2 aromatic heterocycles. The lowest BCUT2D eigenvalue weighted by atomic mass is 9.99. The van der Waals surface area contributed by atoms with Crippen LogP contribution in [-0.4, -0.2) is 48.0 Å². The van der Waals surface area contributed by atoms with Crippen molar-refractivity contribution in [2.24, 2.45) is 0 Å². The molecule has 8 nitrogen and oxygen atoms in total. The third-order valence-corrected chi connectivity index (χ3v) is 3.52. The Morgan fingerprint density at radius 2 is 2.38 bits per heavy atom. The lowest BCUT2D eigenvalue weighted by Crippen LogP contribution is -2.41. The number of terminal acetylenes is 1. The average molecular weight is 293 g/mol. The fourth-order valence-electron chi connectivity index (χ4n) is 2.36. The van der Waals surface area contributed by atoms with E-state index in [0.29, 0.717) is 0 Å². The molecule has 3 heterocycles. The van der Waals surface area contributed by atoms with Crippen LogP contribution in [0.1, 0.15) is 12.6 Å². The molecule has 3 rings (SSSR count). The van der Waals surface area contributed by atoms with Crippen molar-refractivity contribution in [1.82, 2.24) is 19.5 Å². The lowest BCUT2D eigenvalue weighted by Gasteiger charge is -2.23. The summed E-state index contributed by atoms with van der Waals surface area (Å²) in [5, 5.41) is 19.3. The maximum atomic E-state index is 13.3. The number of rotatable bonds is 2. The molecule has 9 heteroatoms. The topological polar surface area (TPSA) is 119 Å². The Balaban J connectivity index is 2.05. The van der Waals surface area contributed by atoms with Crippen LogP contribution in [0.2, 0.25) is 0 Å². The van der Waals surface area contributed by atoms with Gasteiger partial charge in [0.25, 0.3) is 0 Å². The number of aliphatic hydroxyl groups excluding tert-OH is 2. The van der Waals surface area contributed by atoms with Gasteiger partial charge in [-0.15, -0.1) is 6.42 Å². The Morgan fingerprint density at radius 3 is 3.00 bits per heavy atom. The number of aliphatic hydroxyl groups is 2. The van der Waals surface area contributed by atoms with Crippen LogP contribution in [0.15, 0.2) is 6.33 Å². The Bertz CT molecular complexity index is 742. The fourth-order valence-corrected chi connectivity index (χ4v) is 2.36. The molecule has 0 aromatic carbocycles. The normalized spacial score (nSPS) is 28.9. The fraction of sp³-hybridized carbons (Fsp3) is 0.417. The zero-order chi connectivity index (χ0) is 15.2. The van der Waals surface area contributed by atoms with Crippen LogP contribution in [0.4, 0.5) is 10.2 Å². The molecule has 3 atom stereocenters. The summed E-state index contributed by atoms with van der Waals surface area (Å²) >= 11 is 0. The molecule has 0 aliphatic carbocycles. The molecule has 0 saturated carbocycles. The van der Waals surface area contributed by atoms with E-state index in [1.165, 1.54) is 10.9 Å². The van der Waals surface area contributed by atoms with E-state index in [2.05, 4.69) is 20.9 Å². The van der Waals surface area contributed by atoms with Crippen LogP contribution < -0.4 is 5.73 Å². The van der Waals surface area contributed by atoms with Gasteiger partial charge in [0.05, 0.1) is 12.9 Å². The molecule has 4 N–H and O–H groups in total. The number of anilines is 1. The van der Waals surface area contributed by atoms with Crippen molar-refractivity contribution >= 4 is 17.0 Å². The molecule has 0 spiro atoms. The predicted molar refractivity (Wildman–Crippen MR) is 69.1 cm³/mol. The van der Waals surface area contributed by atoms with Crippen molar-refractivity contribution in [2.75, 3.05) is 12.3 Å². The van der Waals surface area contributed by atoms with Gasteiger partial charge in [0.15, 0.2) is 22.6 Å². The number of aromatic nitrogens is 4. The third-order valence-electron chi connectivity index (χ3n) is 3.52. The van der Waals surface area contributed by atoms with E-state index < -0.39 is 30.6 Å². The molecule has 1 fully saturated rings. The van der Waals surface area contributed by atoms with Gasteiger partial charge in [0.1, 0.15) is 12.3 Å². The summed E-state index contributed by atoms with van der Waals surface area (Å²) in [4.78, 5) is 11.0. The summed E-state index contributed by atoms with van der Waals surface area (Å²) in [5.41, 5.74) is 4.42. The van der Waals surface area contributed by atoms with Gasteiger partial charge in [-0.3, -0.25) is 4.57 Å². The minimum atomic E-state index is -1.50. The summed E-state index contributed by atoms with van der Waals surface area (Å²) in [6, 6.07) is 0. The summed E-state index contributed by atoms with van der Waals surface area (Å²) in [5.74, 6) is 2.16. The summed E-state index contributed by atoms with van der Waals surface area (Å²) in [6.45, 7) is -0.542. The number of hydrogen-bond donors (Lipinski definition) is 3. The van der Waals surface area contributed by atoms with Gasteiger partial charge in [-0.1, -0.05) is 5.92 Å². The van der Waals surface area contributed by atoms with Gasteiger partial charge in [-0.2, -0.15) is 14.4 Å². The number of fused-ring (bicyclic) bond motifs is 1. The number of imidazole rings is 1. The number of ether oxygens (including phenoxy) is 1. The van der Waals surface area contributed by atoms with Gasteiger partial charge in [0.2, 0.25) is 0 Å². The zero-order valence-electron chi connectivity index (χ0n) is 10.8. The van der Waals surface area contributed by atoms with E-state index in [9.17, 15) is 14.6 Å². The standard InChI is InChI=1S/C12H12FN5O3/c1-2-12(4-19)6(20)3-7(21-12)18-5-15-8-9(14)16-11(13)17-10(8)18/h1,5-7,19-20H,3-4H2,(H2,14,16,17)/t6?,7-,12-/m1/s1. The van der Waals surface area contributed by atoms with Crippen LogP contribution in [0, 0.1) is 18.4 Å². The summed E-state index contributed by atoms with van der Waals surface area (Å²) in [6.07, 6.45) is 3.95. The summed E-state index contributed by atoms with van der Waals surface area (Å²) in [7, 11) is 0. The van der Waals surface area contributed by atoms with Crippen molar-refractivity contribution in [3.63, 3.8) is 0 Å². The largest absolute Gasteiger partial charge is 0.392 e. The SMILES string of the molecule is C#C[C@]1(CO)O[C@@H](n2cnc3c(N)nc(F)nc32)CC1O. The van der Waals surface area contributed by atoms with Crippen molar-refractivity contribution < 1.29 is 19.3 Å². The third kappa shape index (κ3) is 1.92. The minimum absolute atomic E-state index is 0.0971. The van der Waals surface area contributed by atoms with Crippen LogP contribution in [0.5, 0.6) is 0 Å². The first kappa shape index (κ1) is 13.7. The molecule has 1 unspecified atom stereocenters. The molecule has 21 heavy (non-hydrogen) atoms. The van der Waals surface area contributed by atoms with E-state index in [0.717, 1.165) is 0 Å². The molecule has 0 amide bonds. The van der Waals surface area contributed by atoms with E-state index in [-0.39, 0.29) is 23.4 Å². The molecule has 1 saturated heterocycles. The number of nitrogens with two attached hydrogens (primary N) is 1. The first-order valence-electron chi connectivity index (χ1n) is 6.11. The quantitative estimate of drug-likeness (QED) is 0.489.